The van der Waals surface area contributed by atoms with Crippen LogP contribution < -0.4 is 9.47 Å². The van der Waals surface area contributed by atoms with Crippen LogP contribution in [0.4, 0.5) is 0 Å². The van der Waals surface area contributed by atoms with E-state index in [0.29, 0.717) is 34.6 Å². The van der Waals surface area contributed by atoms with Gasteiger partial charge in [0.15, 0.2) is 0 Å². The van der Waals surface area contributed by atoms with Crippen molar-refractivity contribution >= 4 is 23.5 Å². The monoisotopic (exact) mass is 428 g/mol. The standard InChI is InChI=1S/C21H24N4O4S/c1-5-28-17-7-14-6-11(2)29-18(14)8-15(17)10-30-21-23-20-22-12(3)16(9-19(26)27)13(4)25(20)24-21/h7-8,11H,5-6,9-10H2,1-4H3,(H,26,27). The fourth-order valence-corrected chi connectivity index (χ4v) is 4.48. The van der Waals surface area contributed by atoms with Gasteiger partial charge in [-0.2, -0.15) is 4.98 Å². The average Bonchev–Trinajstić information content (AvgIpc) is 3.25. The van der Waals surface area contributed by atoms with Gasteiger partial charge < -0.3 is 14.6 Å². The number of carboxylic acid groups (broad SMARTS) is 1. The third-order valence-electron chi connectivity index (χ3n) is 5.09. The molecule has 1 aliphatic heterocycles. The molecule has 158 valence electrons. The third-order valence-corrected chi connectivity index (χ3v) is 5.98. The Morgan fingerprint density at radius 3 is 2.90 bits per heavy atom. The fourth-order valence-electron chi connectivity index (χ4n) is 3.68. The molecule has 0 saturated carbocycles. The van der Waals surface area contributed by atoms with Gasteiger partial charge in [0.2, 0.25) is 5.16 Å². The van der Waals surface area contributed by atoms with Crippen LogP contribution in [-0.4, -0.2) is 43.4 Å². The lowest BCUT2D eigenvalue weighted by Crippen LogP contribution is -2.10. The third kappa shape index (κ3) is 3.94. The Morgan fingerprint density at radius 2 is 2.17 bits per heavy atom. The van der Waals surface area contributed by atoms with Gasteiger partial charge in [-0.3, -0.25) is 4.79 Å². The second-order valence-corrected chi connectivity index (χ2v) is 8.30. The minimum Gasteiger partial charge on any atom is -0.494 e. The van der Waals surface area contributed by atoms with E-state index in [1.165, 1.54) is 17.3 Å². The molecular formula is C21H24N4O4S. The van der Waals surface area contributed by atoms with Gasteiger partial charge in [-0.15, -0.1) is 5.10 Å². The van der Waals surface area contributed by atoms with E-state index in [1.807, 2.05) is 19.9 Å². The van der Waals surface area contributed by atoms with Crippen molar-refractivity contribution in [3.05, 3.63) is 40.2 Å². The molecule has 3 heterocycles. The molecule has 3 aromatic rings. The van der Waals surface area contributed by atoms with Crippen molar-refractivity contribution in [3.63, 3.8) is 0 Å². The number of aryl methyl sites for hydroxylation is 2. The first-order chi connectivity index (χ1) is 14.4. The minimum atomic E-state index is -0.895. The van der Waals surface area contributed by atoms with E-state index in [4.69, 9.17) is 14.6 Å². The van der Waals surface area contributed by atoms with Gasteiger partial charge in [-0.25, -0.2) is 9.50 Å². The number of hydrogen-bond acceptors (Lipinski definition) is 7. The summed E-state index contributed by atoms with van der Waals surface area (Å²) in [6.45, 7) is 8.26. The molecule has 0 saturated heterocycles. The molecule has 1 aliphatic rings. The van der Waals surface area contributed by atoms with Crippen LogP contribution in [0.15, 0.2) is 17.3 Å². The van der Waals surface area contributed by atoms with Gasteiger partial charge in [-0.05, 0) is 39.8 Å². The van der Waals surface area contributed by atoms with Crippen molar-refractivity contribution in [2.45, 2.75) is 57.5 Å². The first-order valence-electron chi connectivity index (χ1n) is 9.88. The normalized spacial score (nSPS) is 15.3. The minimum absolute atomic E-state index is 0.0891. The Bertz CT molecular complexity index is 1130. The lowest BCUT2D eigenvalue weighted by molar-refractivity contribution is -0.136. The number of aliphatic carboxylic acids is 1. The molecule has 9 heteroatoms. The quantitative estimate of drug-likeness (QED) is 0.572. The van der Waals surface area contributed by atoms with Crippen LogP contribution in [0.3, 0.4) is 0 Å². The van der Waals surface area contributed by atoms with E-state index in [-0.39, 0.29) is 12.5 Å². The van der Waals surface area contributed by atoms with Gasteiger partial charge in [0.1, 0.15) is 17.6 Å². The van der Waals surface area contributed by atoms with Crippen LogP contribution in [-0.2, 0) is 23.4 Å². The highest BCUT2D eigenvalue weighted by Gasteiger charge is 2.22. The first kappa shape index (κ1) is 20.5. The van der Waals surface area contributed by atoms with E-state index in [1.54, 1.807) is 11.4 Å². The van der Waals surface area contributed by atoms with Gasteiger partial charge in [0.05, 0.1) is 13.0 Å². The van der Waals surface area contributed by atoms with Crippen LogP contribution in [0, 0.1) is 13.8 Å². The maximum Gasteiger partial charge on any atom is 0.307 e. The van der Waals surface area contributed by atoms with Crippen molar-refractivity contribution in [2.24, 2.45) is 0 Å². The number of fused-ring (bicyclic) bond motifs is 2. The summed E-state index contributed by atoms with van der Waals surface area (Å²) < 4.78 is 13.4. The Kier molecular flexibility index (Phi) is 5.55. The summed E-state index contributed by atoms with van der Waals surface area (Å²) in [6.07, 6.45) is 0.975. The summed E-state index contributed by atoms with van der Waals surface area (Å²) >= 11 is 1.48. The highest BCUT2D eigenvalue weighted by atomic mass is 32.2. The molecule has 0 amide bonds. The molecule has 30 heavy (non-hydrogen) atoms. The van der Waals surface area contributed by atoms with Crippen molar-refractivity contribution in [2.75, 3.05) is 6.61 Å². The molecular weight excluding hydrogens is 404 g/mol. The maximum absolute atomic E-state index is 11.2. The summed E-state index contributed by atoms with van der Waals surface area (Å²) in [6, 6.07) is 4.12. The summed E-state index contributed by atoms with van der Waals surface area (Å²) in [5, 5.41) is 14.3. The predicted octanol–water partition coefficient (Wildman–Crippen LogP) is 3.38. The zero-order valence-corrected chi connectivity index (χ0v) is 18.2. The van der Waals surface area contributed by atoms with Gasteiger partial charge in [0.25, 0.3) is 5.78 Å². The van der Waals surface area contributed by atoms with Crippen LogP contribution in [0.25, 0.3) is 5.78 Å². The van der Waals surface area contributed by atoms with E-state index in [0.717, 1.165) is 29.2 Å². The molecule has 1 N–H and O–H groups in total. The molecule has 1 atom stereocenters. The molecule has 2 aromatic heterocycles. The van der Waals surface area contributed by atoms with E-state index in [9.17, 15) is 4.79 Å². The number of hydrogen-bond donors (Lipinski definition) is 1. The SMILES string of the molecule is CCOc1cc2c(cc1CSc1nc3nc(C)c(CC(=O)O)c(C)n3n1)OC(C)C2. The molecule has 4 rings (SSSR count). The van der Waals surface area contributed by atoms with Crippen molar-refractivity contribution in [3.8, 4) is 11.5 Å². The second kappa shape index (κ2) is 8.14. The smallest absolute Gasteiger partial charge is 0.307 e. The lowest BCUT2D eigenvalue weighted by atomic mass is 10.1. The molecule has 1 unspecified atom stereocenters. The average molecular weight is 429 g/mol. The van der Waals surface area contributed by atoms with Gasteiger partial charge in [-0.1, -0.05) is 11.8 Å². The summed E-state index contributed by atoms with van der Waals surface area (Å²) in [7, 11) is 0. The second-order valence-electron chi connectivity index (χ2n) is 7.36. The number of ether oxygens (including phenoxy) is 2. The number of carboxylic acids is 1. The van der Waals surface area contributed by atoms with Gasteiger partial charge in [0, 0.05) is 40.3 Å². The van der Waals surface area contributed by atoms with E-state index in [2.05, 4.69) is 28.1 Å². The molecule has 0 bridgehead atoms. The van der Waals surface area contributed by atoms with Crippen molar-refractivity contribution in [1.29, 1.82) is 0 Å². The molecule has 8 nitrogen and oxygen atoms in total. The summed E-state index contributed by atoms with van der Waals surface area (Å²) in [5.41, 5.74) is 4.27. The molecule has 0 aliphatic carbocycles. The number of benzene rings is 1. The van der Waals surface area contributed by atoms with E-state index < -0.39 is 5.97 Å². The highest BCUT2D eigenvalue weighted by molar-refractivity contribution is 7.98. The molecule has 0 radical (unpaired) electrons. The number of nitrogens with zero attached hydrogens (tertiary/aromatic N) is 4. The molecule has 0 fully saturated rings. The molecule has 0 spiro atoms. The number of carbonyl (C=O) groups is 1. The molecule has 1 aromatic carbocycles. The van der Waals surface area contributed by atoms with Crippen LogP contribution in [0.2, 0.25) is 0 Å². The Morgan fingerprint density at radius 1 is 1.37 bits per heavy atom. The zero-order chi connectivity index (χ0) is 21.4. The first-order valence-corrected chi connectivity index (χ1v) is 10.9. The number of aromatic nitrogens is 4. The Balaban J connectivity index is 1.60. The Hall–Kier alpha value is -2.81. The summed E-state index contributed by atoms with van der Waals surface area (Å²) in [4.78, 5) is 20.1. The summed E-state index contributed by atoms with van der Waals surface area (Å²) in [5.74, 6) is 1.97. The van der Waals surface area contributed by atoms with Crippen molar-refractivity contribution < 1.29 is 19.4 Å². The van der Waals surface area contributed by atoms with Crippen LogP contribution >= 0.6 is 11.8 Å². The Labute approximate surface area is 178 Å². The van der Waals surface area contributed by atoms with Gasteiger partial charge >= 0.3 is 5.97 Å². The largest absolute Gasteiger partial charge is 0.494 e. The van der Waals surface area contributed by atoms with E-state index >= 15 is 0 Å². The lowest BCUT2D eigenvalue weighted by Gasteiger charge is -2.11. The van der Waals surface area contributed by atoms with Crippen LogP contribution in [0.1, 0.15) is 41.9 Å². The maximum atomic E-state index is 11.2. The predicted molar refractivity (Wildman–Crippen MR) is 113 cm³/mol. The number of rotatable bonds is 7. The van der Waals surface area contributed by atoms with Crippen molar-refractivity contribution in [1.82, 2.24) is 19.6 Å². The fraction of sp³-hybridized carbons (Fsp3) is 0.429. The highest BCUT2D eigenvalue weighted by Crippen LogP contribution is 2.37. The number of thioether (sulfide) groups is 1. The zero-order valence-electron chi connectivity index (χ0n) is 17.4. The topological polar surface area (TPSA) is 98.8 Å². The van der Waals surface area contributed by atoms with Crippen LogP contribution in [0.5, 0.6) is 11.5 Å².